The van der Waals surface area contributed by atoms with Gasteiger partial charge in [-0.05, 0) is 79.8 Å². The number of amides is 1. The summed E-state index contributed by atoms with van der Waals surface area (Å²) in [4.78, 5) is 26.3. The van der Waals surface area contributed by atoms with Gasteiger partial charge in [0, 0.05) is 30.7 Å². The second-order valence-corrected chi connectivity index (χ2v) is 10.2. The highest BCUT2D eigenvalue weighted by molar-refractivity contribution is 6.01. The van der Waals surface area contributed by atoms with E-state index in [2.05, 4.69) is 4.90 Å². The summed E-state index contributed by atoms with van der Waals surface area (Å²) < 4.78 is 59.7. The fraction of sp³-hybridized carbons (Fsp3) is 0.379. The molecule has 40 heavy (non-hydrogen) atoms. The van der Waals surface area contributed by atoms with Crippen molar-refractivity contribution in [1.29, 1.82) is 0 Å². The van der Waals surface area contributed by atoms with Gasteiger partial charge in [0.15, 0.2) is 0 Å². The lowest BCUT2D eigenvalue weighted by Gasteiger charge is -2.38. The van der Waals surface area contributed by atoms with Crippen LogP contribution in [-0.2, 0) is 11.3 Å². The second kappa shape index (κ2) is 11.8. The first-order valence-electron chi connectivity index (χ1n) is 12.9. The molecule has 2 aliphatic heterocycles. The van der Waals surface area contributed by atoms with Gasteiger partial charge < -0.3 is 15.1 Å². The molecule has 2 saturated heterocycles. The molecule has 0 saturated carbocycles. The summed E-state index contributed by atoms with van der Waals surface area (Å²) >= 11 is 0. The van der Waals surface area contributed by atoms with Crippen LogP contribution in [0.15, 0.2) is 54.6 Å². The van der Waals surface area contributed by atoms with Gasteiger partial charge >= 0.3 is 12.1 Å². The average Bonchev–Trinajstić information content (AvgIpc) is 3.15. The average molecular weight is 565 g/mol. The Hall–Kier alpha value is -3.73. The van der Waals surface area contributed by atoms with E-state index in [-0.39, 0.29) is 23.0 Å². The highest BCUT2D eigenvalue weighted by Crippen LogP contribution is 2.40. The molecule has 2 fully saturated rings. The van der Waals surface area contributed by atoms with Gasteiger partial charge in [0.25, 0.3) is 5.91 Å². The SMILES string of the molecule is O=C(O)C(F)(F)F.O=C(c1cc2ccccc2cc1O)N1CCCC2(CCCN2Cc2cc(F)ccc2F)CC1. The molecule has 1 atom stereocenters. The summed E-state index contributed by atoms with van der Waals surface area (Å²) in [6.45, 7) is 2.42. The van der Waals surface area contributed by atoms with E-state index in [0.717, 1.165) is 55.5 Å². The van der Waals surface area contributed by atoms with Crippen LogP contribution in [0.4, 0.5) is 22.0 Å². The van der Waals surface area contributed by atoms with E-state index in [9.17, 15) is 31.9 Å². The van der Waals surface area contributed by atoms with Crippen molar-refractivity contribution in [1.82, 2.24) is 9.80 Å². The predicted octanol–water partition coefficient (Wildman–Crippen LogP) is 6.12. The Morgan fingerprint density at radius 3 is 2.15 bits per heavy atom. The summed E-state index contributed by atoms with van der Waals surface area (Å²) in [6.07, 6.45) is -0.548. The number of phenolic OH excluding ortho intramolecular Hbond substituents is 1. The molecule has 1 unspecified atom stereocenters. The standard InChI is InChI=1S/C27H28F2N2O2.C2HF3O2/c28-22-7-8-24(29)21(15-22)18-31-13-4-10-27(31)9-3-12-30(14-11-27)26(33)23-16-19-5-1-2-6-20(19)17-25(23)32;3-2(4,5)1(6)7/h1-2,5-8,15-17,32H,3-4,9-14,18H2;(H,6,7). The first-order valence-corrected chi connectivity index (χ1v) is 12.9. The van der Waals surface area contributed by atoms with Crippen LogP contribution in [0.3, 0.4) is 0 Å². The molecule has 2 heterocycles. The summed E-state index contributed by atoms with van der Waals surface area (Å²) in [5.41, 5.74) is 0.600. The number of likely N-dealkylation sites (tertiary alicyclic amines) is 2. The number of rotatable bonds is 3. The number of fused-ring (bicyclic) bond motifs is 1. The van der Waals surface area contributed by atoms with Crippen molar-refractivity contribution in [2.45, 2.75) is 50.4 Å². The van der Waals surface area contributed by atoms with E-state index >= 15 is 0 Å². The van der Waals surface area contributed by atoms with Gasteiger partial charge in [0.2, 0.25) is 0 Å². The molecule has 214 valence electrons. The number of aromatic hydroxyl groups is 1. The maximum Gasteiger partial charge on any atom is 0.490 e. The Balaban J connectivity index is 0.000000470. The fourth-order valence-corrected chi connectivity index (χ4v) is 5.63. The highest BCUT2D eigenvalue weighted by atomic mass is 19.4. The number of aliphatic carboxylic acids is 1. The van der Waals surface area contributed by atoms with Gasteiger partial charge in [-0.3, -0.25) is 9.69 Å². The lowest BCUT2D eigenvalue weighted by atomic mass is 9.87. The number of hydrogen-bond donors (Lipinski definition) is 2. The lowest BCUT2D eigenvalue weighted by molar-refractivity contribution is -0.192. The molecule has 1 amide bonds. The van der Waals surface area contributed by atoms with Gasteiger partial charge in [-0.25, -0.2) is 13.6 Å². The summed E-state index contributed by atoms with van der Waals surface area (Å²) in [5.74, 6) is -3.71. The third-order valence-corrected chi connectivity index (χ3v) is 7.65. The van der Waals surface area contributed by atoms with Gasteiger partial charge in [-0.1, -0.05) is 24.3 Å². The maximum absolute atomic E-state index is 14.3. The molecular formula is C29H29F5N2O4. The van der Waals surface area contributed by atoms with Crippen molar-refractivity contribution in [3.8, 4) is 5.75 Å². The number of nitrogens with zero attached hydrogens (tertiary/aromatic N) is 2. The van der Waals surface area contributed by atoms with Crippen molar-refractivity contribution < 1.29 is 41.8 Å². The first kappa shape index (κ1) is 29.3. The third kappa shape index (κ3) is 6.52. The molecule has 3 aromatic carbocycles. The van der Waals surface area contributed by atoms with Crippen molar-refractivity contribution in [3.63, 3.8) is 0 Å². The highest BCUT2D eigenvalue weighted by Gasteiger charge is 2.42. The van der Waals surface area contributed by atoms with Crippen LogP contribution in [0.2, 0.25) is 0 Å². The number of halogens is 5. The third-order valence-electron chi connectivity index (χ3n) is 7.65. The van der Waals surface area contributed by atoms with E-state index in [0.29, 0.717) is 30.8 Å². The normalized spacial score (nSPS) is 19.8. The van der Waals surface area contributed by atoms with Crippen molar-refractivity contribution in [2.75, 3.05) is 19.6 Å². The summed E-state index contributed by atoms with van der Waals surface area (Å²) in [7, 11) is 0. The van der Waals surface area contributed by atoms with E-state index in [1.807, 2.05) is 29.2 Å². The van der Waals surface area contributed by atoms with Crippen molar-refractivity contribution >= 4 is 22.6 Å². The van der Waals surface area contributed by atoms with Crippen LogP contribution in [0, 0.1) is 11.6 Å². The minimum absolute atomic E-state index is 0.00160. The number of carbonyl (C=O) groups excluding carboxylic acids is 1. The zero-order valence-corrected chi connectivity index (χ0v) is 21.6. The van der Waals surface area contributed by atoms with E-state index in [1.54, 1.807) is 12.1 Å². The predicted molar refractivity (Wildman–Crippen MR) is 138 cm³/mol. The van der Waals surface area contributed by atoms with Gasteiger partial charge in [0.05, 0.1) is 5.56 Å². The smallest absolute Gasteiger partial charge is 0.490 e. The molecule has 11 heteroatoms. The van der Waals surface area contributed by atoms with Gasteiger partial charge in [-0.15, -0.1) is 0 Å². The molecule has 6 nitrogen and oxygen atoms in total. The lowest BCUT2D eigenvalue weighted by Crippen LogP contribution is -2.44. The topological polar surface area (TPSA) is 81.1 Å². The van der Waals surface area contributed by atoms with Crippen LogP contribution in [-0.4, -0.2) is 63.2 Å². The van der Waals surface area contributed by atoms with Crippen LogP contribution in [0.5, 0.6) is 5.75 Å². The quantitative estimate of drug-likeness (QED) is 0.375. The minimum atomic E-state index is -5.08. The zero-order valence-electron chi connectivity index (χ0n) is 21.6. The van der Waals surface area contributed by atoms with Crippen LogP contribution < -0.4 is 0 Å². The van der Waals surface area contributed by atoms with E-state index in [1.165, 1.54) is 12.1 Å². The van der Waals surface area contributed by atoms with Crippen molar-refractivity contribution in [2.24, 2.45) is 0 Å². The molecule has 5 rings (SSSR count). The molecule has 0 aromatic heterocycles. The Morgan fingerprint density at radius 2 is 1.50 bits per heavy atom. The summed E-state index contributed by atoms with van der Waals surface area (Å²) in [5, 5.41) is 19.5. The number of carbonyl (C=O) groups is 2. The van der Waals surface area contributed by atoms with E-state index < -0.39 is 18.0 Å². The Morgan fingerprint density at radius 1 is 0.875 bits per heavy atom. The minimum Gasteiger partial charge on any atom is -0.507 e. The number of phenols is 1. The number of carboxylic acids is 1. The maximum atomic E-state index is 14.3. The zero-order chi connectivity index (χ0) is 29.1. The number of hydrogen-bond acceptors (Lipinski definition) is 4. The molecule has 2 aliphatic rings. The summed E-state index contributed by atoms with van der Waals surface area (Å²) in [6, 6.07) is 14.7. The van der Waals surface area contributed by atoms with Gasteiger partial charge in [-0.2, -0.15) is 13.2 Å². The Bertz CT molecular complexity index is 1400. The molecule has 1 spiro atoms. The second-order valence-electron chi connectivity index (χ2n) is 10.2. The monoisotopic (exact) mass is 564 g/mol. The molecule has 2 N–H and O–H groups in total. The molecular weight excluding hydrogens is 535 g/mol. The van der Waals surface area contributed by atoms with E-state index in [4.69, 9.17) is 9.90 Å². The van der Waals surface area contributed by atoms with Gasteiger partial charge in [0.1, 0.15) is 17.4 Å². The number of benzene rings is 3. The van der Waals surface area contributed by atoms with Crippen LogP contribution in [0.25, 0.3) is 10.8 Å². The molecule has 3 aromatic rings. The largest absolute Gasteiger partial charge is 0.507 e. The molecule has 0 radical (unpaired) electrons. The van der Waals surface area contributed by atoms with Crippen molar-refractivity contribution in [3.05, 3.63) is 77.4 Å². The fourth-order valence-electron chi connectivity index (χ4n) is 5.63. The number of carboxylic acid groups (broad SMARTS) is 1. The Labute approximate surface area is 227 Å². The first-order chi connectivity index (χ1) is 18.9. The van der Waals surface area contributed by atoms with Crippen LogP contribution in [0.1, 0.15) is 48.0 Å². The molecule has 0 bridgehead atoms. The van der Waals surface area contributed by atoms with Crippen LogP contribution >= 0.6 is 0 Å². The number of alkyl halides is 3. The molecule has 0 aliphatic carbocycles. The Kier molecular flexibility index (Phi) is 8.62.